The Labute approximate surface area is 175 Å². The molecular formula is C24H23N3O3. The van der Waals surface area contributed by atoms with Crippen molar-refractivity contribution in [3.05, 3.63) is 102 Å². The fourth-order valence-corrected chi connectivity index (χ4v) is 3.02. The Morgan fingerprint density at radius 1 is 1.00 bits per heavy atom. The SMILES string of the molecule is CCc1ccc(OCc2ccc(C(=O)Nc3ccn(Cc4ccccc4)n3)o2)cc1. The third kappa shape index (κ3) is 4.97. The van der Waals surface area contributed by atoms with Crippen LogP contribution in [0.5, 0.6) is 5.75 Å². The van der Waals surface area contributed by atoms with Gasteiger partial charge in [-0.1, -0.05) is 49.4 Å². The number of carbonyl (C=O) groups excluding carboxylic acids is 1. The first-order valence-electron chi connectivity index (χ1n) is 9.89. The number of hydrogen-bond acceptors (Lipinski definition) is 4. The van der Waals surface area contributed by atoms with Gasteiger partial charge in [-0.3, -0.25) is 9.48 Å². The van der Waals surface area contributed by atoms with Crippen molar-refractivity contribution >= 4 is 11.7 Å². The van der Waals surface area contributed by atoms with E-state index in [2.05, 4.69) is 17.3 Å². The van der Waals surface area contributed by atoms with E-state index >= 15 is 0 Å². The smallest absolute Gasteiger partial charge is 0.292 e. The Morgan fingerprint density at radius 2 is 1.80 bits per heavy atom. The second-order valence-electron chi connectivity index (χ2n) is 6.89. The number of carbonyl (C=O) groups is 1. The number of aryl methyl sites for hydroxylation is 1. The van der Waals surface area contributed by atoms with Crippen LogP contribution in [0, 0.1) is 0 Å². The fraction of sp³-hybridized carbons (Fsp3) is 0.167. The predicted molar refractivity (Wildman–Crippen MR) is 115 cm³/mol. The lowest BCUT2D eigenvalue weighted by atomic mass is 10.2. The number of hydrogen-bond donors (Lipinski definition) is 1. The first-order valence-corrected chi connectivity index (χ1v) is 9.89. The summed E-state index contributed by atoms with van der Waals surface area (Å²) in [5, 5.41) is 7.14. The molecule has 2 heterocycles. The molecule has 6 heteroatoms. The van der Waals surface area contributed by atoms with Crippen LogP contribution < -0.4 is 10.1 Å². The summed E-state index contributed by atoms with van der Waals surface area (Å²) in [6.45, 7) is 3.00. The van der Waals surface area contributed by atoms with Gasteiger partial charge in [0.2, 0.25) is 0 Å². The molecule has 0 spiro atoms. The molecule has 0 atom stereocenters. The molecule has 0 saturated heterocycles. The molecule has 0 radical (unpaired) electrons. The van der Waals surface area contributed by atoms with Crippen LogP contribution in [-0.2, 0) is 19.6 Å². The molecule has 0 unspecified atom stereocenters. The number of benzene rings is 2. The quantitative estimate of drug-likeness (QED) is 0.455. The molecule has 0 fully saturated rings. The maximum atomic E-state index is 12.4. The molecule has 30 heavy (non-hydrogen) atoms. The molecule has 0 saturated carbocycles. The minimum Gasteiger partial charge on any atom is -0.486 e. The van der Waals surface area contributed by atoms with Crippen LogP contribution in [0.4, 0.5) is 5.82 Å². The normalized spacial score (nSPS) is 10.7. The van der Waals surface area contributed by atoms with Gasteiger partial charge in [0.15, 0.2) is 11.6 Å². The zero-order chi connectivity index (χ0) is 20.8. The van der Waals surface area contributed by atoms with E-state index < -0.39 is 0 Å². The highest BCUT2D eigenvalue weighted by molar-refractivity contribution is 6.01. The van der Waals surface area contributed by atoms with Gasteiger partial charge in [0.25, 0.3) is 5.91 Å². The molecule has 0 aliphatic heterocycles. The summed E-state index contributed by atoms with van der Waals surface area (Å²) in [7, 11) is 0. The van der Waals surface area contributed by atoms with Crippen LogP contribution in [0.3, 0.4) is 0 Å². The molecule has 0 aliphatic rings. The molecule has 1 N–H and O–H groups in total. The number of nitrogens with one attached hydrogen (secondary N) is 1. The van der Waals surface area contributed by atoms with Crippen LogP contribution in [-0.4, -0.2) is 15.7 Å². The summed E-state index contributed by atoms with van der Waals surface area (Å²) in [5.74, 6) is 1.68. The van der Waals surface area contributed by atoms with Crippen molar-refractivity contribution in [2.75, 3.05) is 5.32 Å². The predicted octanol–water partition coefficient (Wildman–Crippen LogP) is 4.92. The van der Waals surface area contributed by atoms with Gasteiger partial charge in [0.1, 0.15) is 18.1 Å². The van der Waals surface area contributed by atoms with Gasteiger partial charge in [-0.05, 0) is 41.8 Å². The van der Waals surface area contributed by atoms with Crippen molar-refractivity contribution in [3.8, 4) is 5.75 Å². The largest absolute Gasteiger partial charge is 0.486 e. The number of rotatable bonds is 8. The lowest BCUT2D eigenvalue weighted by molar-refractivity contribution is 0.0992. The second-order valence-corrected chi connectivity index (χ2v) is 6.89. The van der Waals surface area contributed by atoms with E-state index in [1.807, 2.05) is 60.8 Å². The molecule has 4 rings (SSSR count). The van der Waals surface area contributed by atoms with E-state index in [0.29, 0.717) is 18.1 Å². The molecule has 0 bridgehead atoms. The Balaban J connectivity index is 1.31. The number of nitrogens with zero attached hydrogens (tertiary/aromatic N) is 2. The van der Waals surface area contributed by atoms with E-state index in [4.69, 9.17) is 9.15 Å². The minimum atomic E-state index is -0.349. The standard InChI is InChI=1S/C24H23N3O3/c1-2-18-8-10-20(11-9-18)29-17-21-12-13-22(30-21)24(28)25-23-14-15-27(26-23)16-19-6-4-3-5-7-19/h3-15H,2,16-17H2,1H3,(H,25,26,28). The molecular weight excluding hydrogens is 378 g/mol. The Hall–Kier alpha value is -3.80. The van der Waals surface area contributed by atoms with Crippen molar-refractivity contribution in [1.82, 2.24) is 9.78 Å². The number of anilines is 1. The summed E-state index contributed by atoms with van der Waals surface area (Å²) in [4.78, 5) is 12.4. The third-order valence-corrected chi connectivity index (χ3v) is 4.67. The first-order chi connectivity index (χ1) is 14.7. The molecule has 6 nitrogen and oxygen atoms in total. The van der Waals surface area contributed by atoms with Gasteiger partial charge in [0, 0.05) is 12.3 Å². The van der Waals surface area contributed by atoms with Crippen molar-refractivity contribution in [2.45, 2.75) is 26.5 Å². The highest BCUT2D eigenvalue weighted by Gasteiger charge is 2.13. The van der Waals surface area contributed by atoms with Crippen molar-refractivity contribution in [3.63, 3.8) is 0 Å². The van der Waals surface area contributed by atoms with Gasteiger partial charge in [-0.25, -0.2) is 0 Å². The van der Waals surface area contributed by atoms with Gasteiger partial charge in [-0.15, -0.1) is 0 Å². The topological polar surface area (TPSA) is 69.3 Å². The van der Waals surface area contributed by atoms with E-state index in [-0.39, 0.29) is 18.3 Å². The lowest BCUT2D eigenvalue weighted by Crippen LogP contribution is -2.12. The summed E-state index contributed by atoms with van der Waals surface area (Å²) in [6.07, 6.45) is 2.81. The van der Waals surface area contributed by atoms with E-state index in [1.54, 1.807) is 22.9 Å². The van der Waals surface area contributed by atoms with Crippen LogP contribution >= 0.6 is 0 Å². The molecule has 152 valence electrons. The number of ether oxygens (including phenoxy) is 1. The Morgan fingerprint density at radius 3 is 2.57 bits per heavy atom. The first kappa shape index (κ1) is 19.5. The van der Waals surface area contributed by atoms with Crippen LogP contribution in [0.25, 0.3) is 0 Å². The average molecular weight is 401 g/mol. The van der Waals surface area contributed by atoms with Gasteiger partial charge >= 0.3 is 0 Å². The Bertz CT molecular complexity index is 1100. The van der Waals surface area contributed by atoms with Gasteiger partial charge in [-0.2, -0.15) is 5.10 Å². The van der Waals surface area contributed by atoms with Crippen LogP contribution in [0.1, 0.15) is 34.4 Å². The van der Waals surface area contributed by atoms with E-state index in [9.17, 15) is 4.79 Å². The zero-order valence-electron chi connectivity index (χ0n) is 16.7. The zero-order valence-corrected chi connectivity index (χ0v) is 16.7. The molecule has 2 aromatic heterocycles. The maximum Gasteiger partial charge on any atom is 0.292 e. The highest BCUT2D eigenvalue weighted by Crippen LogP contribution is 2.17. The molecule has 2 aromatic carbocycles. The van der Waals surface area contributed by atoms with Gasteiger partial charge in [0.05, 0.1) is 6.54 Å². The van der Waals surface area contributed by atoms with E-state index in [0.717, 1.165) is 17.7 Å². The van der Waals surface area contributed by atoms with Crippen molar-refractivity contribution in [1.29, 1.82) is 0 Å². The summed E-state index contributed by atoms with van der Waals surface area (Å²) >= 11 is 0. The van der Waals surface area contributed by atoms with Crippen LogP contribution in [0.15, 0.2) is 83.4 Å². The van der Waals surface area contributed by atoms with Crippen molar-refractivity contribution in [2.24, 2.45) is 0 Å². The minimum absolute atomic E-state index is 0.215. The van der Waals surface area contributed by atoms with Crippen LogP contribution in [0.2, 0.25) is 0 Å². The second kappa shape index (κ2) is 9.13. The highest BCUT2D eigenvalue weighted by atomic mass is 16.5. The molecule has 4 aromatic rings. The number of amides is 1. The van der Waals surface area contributed by atoms with Gasteiger partial charge < -0.3 is 14.5 Å². The maximum absolute atomic E-state index is 12.4. The summed E-state index contributed by atoms with van der Waals surface area (Å²) in [5.41, 5.74) is 2.39. The molecule has 0 aliphatic carbocycles. The van der Waals surface area contributed by atoms with Crippen molar-refractivity contribution < 1.29 is 13.9 Å². The van der Waals surface area contributed by atoms with E-state index in [1.165, 1.54) is 5.56 Å². The summed E-state index contributed by atoms with van der Waals surface area (Å²) in [6, 6.07) is 23.1. The average Bonchev–Trinajstić information content (AvgIpc) is 3.43. The lowest BCUT2D eigenvalue weighted by Gasteiger charge is -2.05. The third-order valence-electron chi connectivity index (χ3n) is 4.67. The fourth-order valence-electron chi connectivity index (χ4n) is 3.02. The number of furan rings is 1. The monoisotopic (exact) mass is 401 g/mol. The summed E-state index contributed by atoms with van der Waals surface area (Å²) < 4.78 is 13.1. The molecule has 1 amide bonds. The Kier molecular flexibility index (Phi) is 5.94. The number of aromatic nitrogens is 2.